The summed E-state index contributed by atoms with van der Waals surface area (Å²) < 4.78 is 15.8. The molecule has 150 valence electrons. The van der Waals surface area contributed by atoms with Crippen LogP contribution in [-0.4, -0.2) is 33.1 Å². The largest absolute Gasteiger partial charge is 0.493 e. The SMILES string of the molecule is COc1ccc(C(=O)NNC(=O)c2cc3c(s2)CCCCC3)c(OC)c1OC. The molecule has 1 heterocycles. The molecule has 0 aliphatic heterocycles. The Morgan fingerprint density at radius 2 is 1.61 bits per heavy atom. The van der Waals surface area contributed by atoms with Crippen molar-refractivity contribution >= 4 is 23.2 Å². The first kappa shape index (κ1) is 20.0. The molecule has 1 aliphatic carbocycles. The number of methoxy groups -OCH3 is 3. The van der Waals surface area contributed by atoms with E-state index in [4.69, 9.17) is 14.2 Å². The van der Waals surface area contributed by atoms with Crippen LogP contribution in [0.1, 0.15) is 49.7 Å². The molecule has 2 N–H and O–H groups in total. The van der Waals surface area contributed by atoms with Gasteiger partial charge in [-0.2, -0.15) is 0 Å². The number of hydrogen-bond donors (Lipinski definition) is 2. The third kappa shape index (κ3) is 4.06. The molecule has 1 aromatic carbocycles. The van der Waals surface area contributed by atoms with E-state index >= 15 is 0 Å². The molecule has 0 unspecified atom stereocenters. The maximum atomic E-state index is 12.6. The van der Waals surface area contributed by atoms with Crippen LogP contribution in [0.3, 0.4) is 0 Å². The van der Waals surface area contributed by atoms with Crippen LogP contribution in [0, 0.1) is 0 Å². The number of thiophene rings is 1. The van der Waals surface area contributed by atoms with Crippen molar-refractivity contribution in [2.24, 2.45) is 0 Å². The zero-order valence-corrected chi connectivity index (χ0v) is 17.0. The van der Waals surface area contributed by atoms with Crippen LogP contribution in [0.4, 0.5) is 0 Å². The molecular formula is C20H24N2O5S. The van der Waals surface area contributed by atoms with Gasteiger partial charge in [0.05, 0.1) is 31.8 Å². The number of hydrogen-bond acceptors (Lipinski definition) is 6. The number of ether oxygens (including phenoxy) is 3. The molecule has 1 aromatic heterocycles. The standard InChI is InChI=1S/C20H24N2O5S/c1-25-14-10-9-13(17(26-2)18(14)27-3)19(23)21-22-20(24)16-11-12-7-5-4-6-8-15(12)28-16/h9-11H,4-8H2,1-3H3,(H,21,23)(H,22,24). The Labute approximate surface area is 168 Å². The topological polar surface area (TPSA) is 85.9 Å². The Hall–Kier alpha value is -2.74. The fourth-order valence-corrected chi connectivity index (χ4v) is 4.45. The van der Waals surface area contributed by atoms with E-state index in [9.17, 15) is 9.59 Å². The second-order valence-corrected chi connectivity index (χ2v) is 7.55. The predicted octanol–water partition coefficient (Wildman–Crippen LogP) is 3.12. The van der Waals surface area contributed by atoms with Gasteiger partial charge in [0, 0.05) is 4.88 Å². The summed E-state index contributed by atoms with van der Waals surface area (Å²) in [4.78, 5) is 26.9. The molecular weight excluding hydrogens is 380 g/mol. The first-order chi connectivity index (χ1) is 13.6. The van der Waals surface area contributed by atoms with Gasteiger partial charge in [-0.3, -0.25) is 20.4 Å². The van der Waals surface area contributed by atoms with E-state index in [0.29, 0.717) is 16.4 Å². The van der Waals surface area contributed by atoms with Crippen molar-refractivity contribution in [3.63, 3.8) is 0 Å². The molecule has 0 saturated carbocycles. The minimum atomic E-state index is -0.510. The van der Waals surface area contributed by atoms with Gasteiger partial charge < -0.3 is 14.2 Å². The molecule has 2 amide bonds. The zero-order valence-electron chi connectivity index (χ0n) is 16.2. The highest BCUT2D eigenvalue weighted by Crippen LogP contribution is 2.39. The van der Waals surface area contributed by atoms with Crippen molar-refractivity contribution in [2.75, 3.05) is 21.3 Å². The van der Waals surface area contributed by atoms with Crippen molar-refractivity contribution in [3.8, 4) is 17.2 Å². The molecule has 7 nitrogen and oxygen atoms in total. The Morgan fingerprint density at radius 3 is 2.32 bits per heavy atom. The maximum absolute atomic E-state index is 12.6. The highest BCUT2D eigenvalue weighted by molar-refractivity contribution is 7.14. The minimum absolute atomic E-state index is 0.224. The Bertz CT molecular complexity index is 854. The van der Waals surface area contributed by atoms with Crippen molar-refractivity contribution in [1.29, 1.82) is 0 Å². The van der Waals surface area contributed by atoms with Gasteiger partial charge in [-0.15, -0.1) is 11.3 Å². The second-order valence-electron chi connectivity index (χ2n) is 6.41. The number of aryl methyl sites for hydroxylation is 2. The van der Waals surface area contributed by atoms with Gasteiger partial charge in [-0.05, 0) is 49.4 Å². The van der Waals surface area contributed by atoms with Crippen LogP contribution in [0.5, 0.6) is 17.2 Å². The van der Waals surface area contributed by atoms with E-state index in [-0.39, 0.29) is 17.2 Å². The number of rotatable bonds is 5. The van der Waals surface area contributed by atoms with Crippen molar-refractivity contribution < 1.29 is 23.8 Å². The molecule has 28 heavy (non-hydrogen) atoms. The van der Waals surface area contributed by atoms with E-state index in [1.165, 1.54) is 49.5 Å². The molecule has 0 fully saturated rings. The minimum Gasteiger partial charge on any atom is -0.493 e. The van der Waals surface area contributed by atoms with Crippen LogP contribution in [0.25, 0.3) is 0 Å². The highest BCUT2D eigenvalue weighted by Gasteiger charge is 2.22. The number of carbonyl (C=O) groups is 2. The third-order valence-electron chi connectivity index (χ3n) is 4.71. The van der Waals surface area contributed by atoms with Gasteiger partial charge in [-0.25, -0.2) is 0 Å². The number of carbonyl (C=O) groups excluding carboxylic acids is 2. The molecule has 0 atom stereocenters. The summed E-state index contributed by atoms with van der Waals surface area (Å²) in [6.07, 6.45) is 5.56. The molecule has 0 bridgehead atoms. The molecule has 0 saturated heterocycles. The van der Waals surface area contributed by atoms with Crippen LogP contribution in [0.15, 0.2) is 18.2 Å². The lowest BCUT2D eigenvalue weighted by atomic mass is 10.1. The van der Waals surface area contributed by atoms with Crippen molar-refractivity contribution in [1.82, 2.24) is 10.9 Å². The number of nitrogens with one attached hydrogen (secondary N) is 2. The van der Waals surface area contributed by atoms with Gasteiger partial charge in [0.1, 0.15) is 0 Å². The lowest BCUT2D eigenvalue weighted by Gasteiger charge is -2.15. The maximum Gasteiger partial charge on any atom is 0.279 e. The zero-order chi connectivity index (χ0) is 20.1. The van der Waals surface area contributed by atoms with E-state index in [0.717, 1.165) is 25.7 Å². The summed E-state index contributed by atoms with van der Waals surface area (Å²) in [5.74, 6) is 0.151. The Kier molecular flexibility index (Phi) is 6.41. The highest BCUT2D eigenvalue weighted by atomic mass is 32.1. The summed E-state index contributed by atoms with van der Waals surface area (Å²) >= 11 is 1.50. The summed E-state index contributed by atoms with van der Waals surface area (Å²) in [7, 11) is 4.40. The molecule has 3 rings (SSSR count). The monoisotopic (exact) mass is 404 g/mol. The van der Waals surface area contributed by atoms with Gasteiger partial charge in [-0.1, -0.05) is 6.42 Å². The van der Waals surface area contributed by atoms with Crippen molar-refractivity contribution in [3.05, 3.63) is 39.1 Å². The number of amides is 2. The average molecular weight is 404 g/mol. The first-order valence-electron chi connectivity index (χ1n) is 9.10. The average Bonchev–Trinajstić information content (AvgIpc) is 3.00. The quantitative estimate of drug-likeness (QED) is 0.591. The van der Waals surface area contributed by atoms with Crippen LogP contribution in [-0.2, 0) is 12.8 Å². The van der Waals surface area contributed by atoms with E-state index < -0.39 is 5.91 Å². The molecule has 0 spiro atoms. The van der Waals surface area contributed by atoms with Gasteiger partial charge in [0.15, 0.2) is 11.5 Å². The van der Waals surface area contributed by atoms with Crippen LogP contribution in [0.2, 0.25) is 0 Å². The van der Waals surface area contributed by atoms with E-state index in [1.807, 2.05) is 6.07 Å². The summed E-state index contributed by atoms with van der Waals surface area (Å²) in [5, 5.41) is 0. The molecule has 0 radical (unpaired) electrons. The molecule has 1 aliphatic rings. The lowest BCUT2D eigenvalue weighted by molar-refractivity contribution is 0.0846. The number of hydrazine groups is 1. The smallest absolute Gasteiger partial charge is 0.279 e. The summed E-state index contributed by atoms with van der Waals surface area (Å²) in [6.45, 7) is 0. The predicted molar refractivity (Wildman–Crippen MR) is 107 cm³/mol. The van der Waals surface area contributed by atoms with Crippen molar-refractivity contribution in [2.45, 2.75) is 32.1 Å². The van der Waals surface area contributed by atoms with Crippen LogP contribution < -0.4 is 25.1 Å². The summed E-state index contributed by atoms with van der Waals surface area (Å²) in [5.41, 5.74) is 6.40. The lowest BCUT2D eigenvalue weighted by Crippen LogP contribution is -2.41. The van der Waals surface area contributed by atoms with E-state index in [1.54, 1.807) is 12.1 Å². The van der Waals surface area contributed by atoms with E-state index in [2.05, 4.69) is 10.9 Å². The summed E-state index contributed by atoms with van der Waals surface area (Å²) in [6, 6.07) is 5.09. The number of fused-ring (bicyclic) bond motifs is 1. The Morgan fingerprint density at radius 1 is 0.893 bits per heavy atom. The van der Waals surface area contributed by atoms with Gasteiger partial charge >= 0.3 is 0 Å². The van der Waals surface area contributed by atoms with Gasteiger partial charge in [0.2, 0.25) is 5.75 Å². The number of benzene rings is 1. The second kappa shape index (κ2) is 8.97. The fourth-order valence-electron chi connectivity index (χ4n) is 3.30. The van der Waals surface area contributed by atoms with Gasteiger partial charge in [0.25, 0.3) is 11.8 Å². The normalized spacial score (nSPS) is 13.1. The molecule has 2 aromatic rings. The first-order valence-corrected chi connectivity index (χ1v) is 9.92. The Balaban J connectivity index is 1.71. The van der Waals surface area contributed by atoms with Crippen LogP contribution >= 0.6 is 11.3 Å². The fraction of sp³-hybridized carbons (Fsp3) is 0.400. The molecule has 8 heteroatoms. The third-order valence-corrected chi connectivity index (χ3v) is 5.94.